The Balaban J connectivity index is 4.50. The maximum atomic E-state index is 15.4. The summed E-state index contributed by atoms with van der Waals surface area (Å²) >= 11 is 1.42. The Kier molecular flexibility index (Phi) is 38.3. The van der Waals surface area contributed by atoms with Crippen LogP contribution in [0, 0.1) is 35.5 Å². The fraction of sp³-hybridized carbons (Fsp3) is 0.814. The van der Waals surface area contributed by atoms with Crippen LogP contribution < -0.4 is 21.3 Å². The van der Waals surface area contributed by atoms with Gasteiger partial charge in [-0.15, -0.1) is 0 Å². The summed E-state index contributed by atoms with van der Waals surface area (Å²) in [4.78, 5) is 172. The van der Waals surface area contributed by atoms with Crippen LogP contribution in [0.2, 0.25) is 0 Å². The molecular formula is C70H127N11O14S. The molecule has 0 aromatic heterocycles. The smallest absolute Gasteiger partial charge is 0.246 e. The van der Waals surface area contributed by atoms with Gasteiger partial charge in [0.2, 0.25) is 59.1 Å². The topological polar surface area (TPSA) is 319 Å². The lowest BCUT2D eigenvalue weighted by Gasteiger charge is -2.41. The number of aliphatic hydroxyl groups is 3. The number of hydrogen-bond donors (Lipinski definition) is 7. The van der Waals surface area contributed by atoms with Crippen LogP contribution in [0.1, 0.15) is 182 Å². The SMILES string of the molecule is C/C=C/C[C@@H](C)[C@@H](O)[C@H]1C(=O)N[C@@H](CC)C(=O)N(C)[C@H](CSCCCCCCO)C(=O)CN(C)[C@@H](CC(C)(C)O)C(=O)N[C@@H](C(C)C)C(=O)N(C)[C@@H](CC(C)C)C(=O)N[C@@H](C)C(=O)N[C@H](C)C(=O)N(C)[C@@H](CC(C)C)C(=O)N(C)[C@@H](CC(C)C)C(=O)N(C)[C@@H](C(C)C)C(=O)N1C. The highest BCUT2D eigenvalue weighted by atomic mass is 32.2. The van der Waals surface area contributed by atoms with Crippen molar-refractivity contribution in [2.24, 2.45) is 35.5 Å². The zero-order valence-corrected chi connectivity index (χ0v) is 63.6. The van der Waals surface area contributed by atoms with Crippen LogP contribution >= 0.6 is 11.8 Å². The van der Waals surface area contributed by atoms with E-state index in [2.05, 4.69) is 21.3 Å². The van der Waals surface area contributed by atoms with Gasteiger partial charge in [0.25, 0.3) is 0 Å². The molecule has 1 saturated heterocycles. The third-order valence-electron chi connectivity index (χ3n) is 18.1. The Hall–Kier alpha value is -5.70. The van der Waals surface area contributed by atoms with Gasteiger partial charge in [0.1, 0.15) is 60.4 Å². The molecule has 0 aromatic rings. The number of hydrogen-bond acceptors (Lipinski definition) is 16. The second-order valence-electron chi connectivity index (χ2n) is 29.3. The summed E-state index contributed by atoms with van der Waals surface area (Å²) in [5, 5.41) is 44.1. The van der Waals surface area contributed by atoms with Crippen LogP contribution in [-0.2, 0) is 52.7 Å². The molecular weight excluding hydrogens is 1250 g/mol. The number of Topliss-reactive ketones (excluding diaryl/α,β-unsaturated/α-hetero) is 1. The average Bonchev–Trinajstić information content (AvgIpc) is 0.813. The summed E-state index contributed by atoms with van der Waals surface area (Å²) in [7, 11) is 10.1. The zero-order chi connectivity index (χ0) is 74.1. The Morgan fingerprint density at radius 3 is 1.49 bits per heavy atom. The van der Waals surface area contributed by atoms with Crippen molar-refractivity contribution in [2.45, 2.75) is 260 Å². The molecule has 25 nitrogen and oxygen atoms in total. The molecule has 0 radical (unpaired) electrons. The van der Waals surface area contributed by atoms with E-state index in [0.717, 1.165) is 24.2 Å². The molecule has 1 fully saturated rings. The van der Waals surface area contributed by atoms with Crippen LogP contribution in [0.5, 0.6) is 0 Å². The second kappa shape index (κ2) is 41.6. The lowest BCUT2D eigenvalue weighted by molar-refractivity contribution is -0.157. The predicted molar refractivity (Wildman–Crippen MR) is 377 cm³/mol. The van der Waals surface area contributed by atoms with Crippen LogP contribution in [0.4, 0.5) is 0 Å². The lowest BCUT2D eigenvalue weighted by atomic mass is 9.91. The number of unbranched alkanes of at least 4 members (excludes halogenated alkanes) is 3. The molecule has 0 saturated carbocycles. The molecule has 0 bridgehead atoms. The van der Waals surface area contributed by atoms with Crippen molar-refractivity contribution in [3.05, 3.63) is 12.2 Å². The molecule has 1 rings (SSSR count). The number of carbonyl (C=O) groups is 11. The summed E-state index contributed by atoms with van der Waals surface area (Å²) in [5.41, 5.74) is -1.50. The van der Waals surface area contributed by atoms with Gasteiger partial charge in [0.05, 0.1) is 24.3 Å². The molecule has 552 valence electrons. The van der Waals surface area contributed by atoms with Crippen LogP contribution in [0.15, 0.2) is 12.2 Å². The second-order valence-corrected chi connectivity index (χ2v) is 30.5. The van der Waals surface area contributed by atoms with E-state index in [4.69, 9.17) is 0 Å². The van der Waals surface area contributed by atoms with Crippen molar-refractivity contribution in [1.29, 1.82) is 0 Å². The van der Waals surface area contributed by atoms with Gasteiger partial charge < -0.3 is 66.0 Å². The number of allylic oxidation sites excluding steroid dienone is 2. The molecule has 0 aromatic carbocycles. The Morgan fingerprint density at radius 1 is 0.531 bits per heavy atom. The largest absolute Gasteiger partial charge is 0.396 e. The Bertz CT molecular complexity index is 2580. The standard InChI is InChI=1S/C70H127N11O14S/c1-25-27-32-46(13)59(84)58-63(88)73-49(26-2)65(90)79(22)54(40-96-34-31-29-28-30-33-82)55(83)39-75(18)53(38-70(16,17)95)62(87)74-56(44(9)10)68(93)76(19)50(35-41(3)4)61(86)71-47(14)60(85)72-48(15)64(89)77(20)51(36-42(5)6)66(91)78(21)52(37-43(7)8)67(92)80(23)57(45(11)12)69(94)81(58)24/h25,27,41-54,56-59,82,84,95H,26,28-40H2,1-24H3,(H,71,86)(H,72,85)(H,73,88)(H,74,87)/b27-25+/t46-,47+,48-,49+,50+,51+,52+,53+,54-,56+,57+,58+,59-/m1/s1. The Morgan fingerprint density at radius 2 is 1.00 bits per heavy atom. The first-order valence-electron chi connectivity index (χ1n) is 34.7. The molecule has 7 N–H and O–H groups in total. The van der Waals surface area contributed by atoms with Gasteiger partial charge in [-0.1, -0.05) is 108 Å². The molecule has 10 amide bonds. The summed E-state index contributed by atoms with van der Waals surface area (Å²) in [5.74, 6) is -9.14. The third kappa shape index (κ3) is 26.9. The number of nitrogens with zero attached hydrogens (tertiary/aromatic N) is 7. The highest BCUT2D eigenvalue weighted by Gasteiger charge is 2.46. The molecule has 1 aliphatic heterocycles. The molecule has 1 heterocycles. The Labute approximate surface area is 579 Å². The van der Waals surface area contributed by atoms with Crippen molar-refractivity contribution in [2.75, 3.05) is 74.0 Å². The van der Waals surface area contributed by atoms with Crippen molar-refractivity contribution in [3.8, 4) is 0 Å². The lowest BCUT2D eigenvalue weighted by Crippen LogP contribution is -2.64. The van der Waals surface area contributed by atoms with E-state index in [1.165, 1.54) is 118 Å². The summed E-state index contributed by atoms with van der Waals surface area (Å²) in [6.07, 6.45) is 5.48. The first kappa shape index (κ1) is 88.3. The molecule has 96 heavy (non-hydrogen) atoms. The van der Waals surface area contributed by atoms with E-state index < -0.39 is 167 Å². The zero-order valence-electron chi connectivity index (χ0n) is 62.8. The van der Waals surface area contributed by atoms with Crippen LogP contribution in [0.25, 0.3) is 0 Å². The van der Waals surface area contributed by atoms with Gasteiger partial charge in [-0.3, -0.25) is 57.6 Å². The molecule has 26 heteroatoms. The van der Waals surface area contributed by atoms with E-state index in [1.807, 2.05) is 47.6 Å². The number of ketones is 1. The molecule has 0 unspecified atom stereocenters. The maximum absolute atomic E-state index is 15.4. The monoisotopic (exact) mass is 1380 g/mol. The van der Waals surface area contributed by atoms with Gasteiger partial charge >= 0.3 is 0 Å². The molecule has 0 spiro atoms. The number of aliphatic hydroxyl groups excluding tert-OH is 2. The number of carbonyl (C=O) groups excluding carboxylic acids is 11. The predicted octanol–water partition coefficient (Wildman–Crippen LogP) is 4.08. The summed E-state index contributed by atoms with van der Waals surface area (Å²) in [6, 6.07) is -13.9. The van der Waals surface area contributed by atoms with Crippen molar-refractivity contribution in [1.82, 2.24) is 55.6 Å². The number of thioether (sulfide) groups is 1. The van der Waals surface area contributed by atoms with Crippen molar-refractivity contribution in [3.63, 3.8) is 0 Å². The fourth-order valence-electron chi connectivity index (χ4n) is 12.0. The minimum absolute atomic E-state index is 0.00397. The third-order valence-corrected chi connectivity index (χ3v) is 19.2. The van der Waals surface area contributed by atoms with E-state index in [0.29, 0.717) is 18.6 Å². The van der Waals surface area contributed by atoms with E-state index in [1.54, 1.807) is 54.5 Å². The fourth-order valence-corrected chi connectivity index (χ4v) is 13.2. The van der Waals surface area contributed by atoms with Gasteiger partial charge in [0, 0.05) is 61.1 Å². The van der Waals surface area contributed by atoms with Gasteiger partial charge in [-0.2, -0.15) is 11.8 Å². The summed E-state index contributed by atoms with van der Waals surface area (Å²) in [6.45, 7) is 28.7. The molecule has 1 aliphatic rings. The maximum Gasteiger partial charge on any atom is 0.246 e. The van der Waals surface area contributed by atoms with Crippen LogP contribution in [0.3, 0.4) is 0 Å². The van der Waals surface area contributed by atoms with Gasteiger partial charge in [-0.05, 0) is 128 Å². The van der Waals surface area contributed by atoms with Gasteiger partial charge in [0.15, 0.2) is 5.78 Å². The number of amides is 10. The number of nitrogens with one attached hydrogen (secondary N) is 4. The van der Waals surface area contributed by atoms with Crippen LogP contribution in [-0.4, -0.2) is 267 Å². The highest BCUT2D eigenvalue weighted by Crippen LogP contribution is 2.27. The molecule has 13 atom stereocenters. The quantitative estimate of drug-likeness (QED) is 0.0560. The summed E-state index contributed by atoms with van der Waals surface area (Å²) < 4.78 is 0. The minimum Gasteiger partial charge on any atom is -0.396 e. The first-order chi connectivity index (χ1) is 44.4. The highest BCUT2D eigenvalue weighted by molar-refractivity contribution is 7.99. The van der Waals surface area contributed by atoms with Crippen molar-refractivity contribution < 1.29 is 68.1 Å². The van der Waals surface area contributed by atoms with E-state index in [-0.39, 0.29) is 62.2 Å². The number of rotatable bonds is 23. The van der Waals surface area contributed by atoms with E-state index >= 15 is 28.8 Å². The minimum atomic E-state index is -1.65. The molecule has 0 aliphatic carbocycles. The number of likely N-dealkylation sites (N-methyl/N-ethyl adjacent to an activating group) is 7. The average molecular weight is 1380 g/mol. The van der Waals surface area contributed by atoms with E-state index in [9.17, 15) is 39.3 Å². The normalized spacial score (nSPS) is 26.4. The van der Waals surface area contributed by atoms with Gasteiger partial charge in [-0.25, -0.2) is 0 Å². The first-order valence-corrected chi connectivity index (χ1v) is 35.9. The van der Waals surface area contributed by atoms with Crippen molar-refractivity contribution >= 4 is 76.6 Å².